The van der Waals surface area contributed by atoms with Crippen LogP contribution >= 0.6 is 0 Å². The summed E-state index contributed by atoms with van der Waals surface area (Å²) in [6.07, 6.45) is 1.37. The van der Waals surface area contributed by atoms with Gasteiger partial charge in [0.15, 0.2) is 11.6 Å². The van der Waals surface area contributed by atoms with Crippen LogP contribution in [0.15, 0.2) is 42.5 Å². The van der Waals surface area contributed by atoms with Crippen molar-refractivity contribution in [3.63, 3.8) is 0 Å². The van der Waals surface area contributed by atoms with Crippen LogP contribution in [0.1, 0.15) is 38.4 Å². The molecule has 0 unspecified atom stereocenters. The lowest BCUT2D eigenvalue weighted by Crippen LogP contribution is -2.29. The number of aryl methyl sites for hydroxylation is 1. The van der Waals surface area contributed by atoms with Crippen LogP contribution in [0.5, 0.6) is 17.4 Å². The largest absolute Gasteiger partial charge is 0.497 e. The van der Waals surface area contributed by atoms with E-state index in [0.717, 1.165) is 24.2 Å². The number of hydrogen-bond acceptors (Lipinski definition) is 4. The van der Waals surface area contributed by atoms with Gasteiger partial charge in [-0.25, -0.2) is 13.5 Å². The van der Waals surface area contributed by atoms with Crippen LogP contribution in [0.2, 0.25) is 0 Å². The summed E-state index contributed by atoms with van der Waals surface area (Å²) in [7, 11) is 1.58. The molecule has 6 nitrogen and oxygen atoms in total. The highest BCUT2D eigenvalue weighted by Gasteiger charge is 2.24. The van der Waals surface area contributed by atoms with Gasteiger partial charge in [0.05, 0.1) is 30.6 Å². The first-order chi connectivity index (χ1) is 15.4. The minimum Gasteiger partial charge on any atom is -0.497 e. The first-order valence-corrected chi connectivity index (χ1v) is 10.5. The third-order valence-corrected chi connectivity index (χ3v) is 5.06. The summed E-state index contributed by atoms with van der Waals surface area (Å²) in [6, 6.07) is 10.3. The van der Waals surface area contributed by atoms with Gasteiger partial charge >= 0.3 is 0 Å². The number of rotatable bonds is 9. The van der Waals surface area contributed by atoms with E-state index >= 15 is 0 Å². The number of carbonyl (C=O) groups is 1. The van der Waals surface area contributed by atoms with E-state index < -0.39 is 11.6 Å². The van der Waals surface area contributed by atoms with Gasteiger partial charge in [0.25, 0.3) is 0 Å². The number of methoxy groups -OCH3 is 1. The fraction of sp³-hybridized carbons (Fsp3) is 0.333. The van der Waals surface area contributed by atoms with Crippen molar-refractivity contribution in [2.75, 3.05) is 13.7 Å². The summed E-state index contributed by atoms with van der Waals surface area (Å²) in [4.78, 5) is 13.9. The third kappa shape index (κ3) is 5.07. The molecule has 0 spiro atoms. The van der Waals surface area contributed by atoms with Crippen LogP contribution in [0.25, 0.3) is 5.69 Å². The minimum atomic E-state index is -0.825. The molecule has 0 radical (unpaired) electrons. The van der Waals surface area contributed by atoms with Gasteiger partial charge in [-0.2, -0.15) is 5.10 Å². The Morgan fingerprint density at radius 3 is 2.41 bits per heavy atom. The summed E-state index contributed by atoms with van der Waals surface area (Å²) in [5.74, 6) is -0.776. The molecule has 2 aromatic carbocycles. The number of hydrogen-bond donors (Lipinski definition) is 0. The van der Waals surface area contributed by atoms with Crippen LogP contribution in [0, 0.1) is 11.6 Å². The number of ether oxygens (including phenoxy) is 2. The Morgan fingerprint density at radius 1 is 1.12 bits per heavy atom. The van der Waals surface area contributed by atoms with Gasteiger partial charge in [-0.3, -0.25) is 4.79 Å². The molecule has 0 saturated heterocycles. The van der Waals surface area contributed by atoms with Crippen molar-refractivity contribution in [1.82, 2.24) is 14.7 Å². The fourth-order valence-corrected chi connectivity index (χ4v) is 3.39. The third-order valence-electron chi connectivity index (χ3n) is 5.06. The predicted molar refractivity (Wildman–Crippen MR) is 117 cm³/mol. The molecular weight excluding hydrogens is 416 g/mol. The Bertz CT molecular complexity index is 1080. The number of nitrogens with zero attached hydrogens (tertiary/aromatic N) is 3. The van der Waals surface area contributed by atoms with E-state index in [0.29, 0.717) is 30.0 Å². The monoisotopic (exact) mass is 443 g/mol. The van der Waals surface area contributed by atoms with Crippen LogP contribution in [-0.4, -0.2) is 34.2 Å². The van der Waals surface area contributed by atoms with Gasteiger partial charge in [-0.1, -0.05) is 13.8 Å². The lowest BCUT2D eigenvalue weighted by Gasteiger charge is -2.21. The maximum absolute atomic E-state index is 14.4. The van der Waals surface area contributed by atoms with Crippen molar-refractivity contribution in [2.24, 2.45) is 0 Å². The van der Waals surface area contributed by atoms with Crippen LogP contribution < -0.4 is 9.47 Å². The molecule has 0 aliphatic carbocycles. The SMILES string of the molecule is CCCN(Cc1c(CC)nn(-c2ccc(OC)cc2)c1Oc1ccc(F)cc1F)C(C)=O. The van der Waals surface area contributed by atoms with E-state index in [1.807, 2.05) is 13.8 Å². The molecular formula is C24H27F2N3O3. The average Bonchev–Trinajstić information content (AvgIpc) is 3.12. The van der Waals surface area contributed by atoms with Crippen molar-refractivity contribution < 1.29 is 23.0 Å². The zero-order valence-electron chi connectivity index (χ0n) is 18.7. The summed E-state index contributed by atoms with van der Waals surface area (Å²) >= 11 is 0. The van der Waals surface area contributed by atoms with Gasteiger partial charge in [0.2, 0.25) is 11.8 Å². The number of halogens is 2. The Hall–Kier alpha value is -3.42. The fourth-order valence-electron chi connectivity index (χ4n) is 3.39. The van der Waals surface area contributed by atoms with E-state index in [1.54, 1.807) is 41.0 Å². The van der Waals surface area contributed by atoms with Crippen molar-refractivity contribution >= 4 is 5.91 Å². The van der Waals surface area contributed by atoms with E-state index in [2.05, 4.69) is 5.10 Å². The van der Waals surface area contributed by atoms with Crippen LogP contribution in [-0.2, 0) is 17.8 Å². The van der Waals surface area contributed by atoms with Crippen molar-refractivity contribution in [3.05, 3.63) is 65.4 Å². The average molecular weight is 443 g/mol. The topological polar surface area (TPSA) is 56.6 Å². The lowest BCUT2D eigenvalue weighted by atomic mass is 10.1. The molecule has 0 N–H and O–H groups in total. The summed E-state index contributed by atoms with van der Waals surface area (Å²) in [6.45, 7) is 6.28. The van der Waals surface area contributed by atoms with E-state index in [-0.39, 0.29) is 24.1 Å². The minimum absolute atomic E-state index is 0.0787. The van der Waals surface area contributed by atoms with Crippen molar-refractivity contribution in [3.8, 4) is 23.1 Å². The quantitative estimate of drug-likeness (QED) is 0.452. The molecule has 3 rings (SSSR count). The molecule has 170 valence electrons. The second-order valence-electron chi connectivity index (χ2n) is 7.31. The molecule has 0 aliphatic heterocycles. The Morgan fingerprint density at radius 2 is 1.84 bits per heavy atom. The molecule has 0 aliphatic rings. The van der Waals surface area contributed by atoms with Gasteiger partial charge in [-0.05, 0) is 49.2 Å². The summed E-state index contributed by atoms with van der Waals surface area (Å²) in [5, 5.41) is 4.69. The smallest absolute Gasteiger partial charge is 0.228 e. The second-order valence-corrected chi connectivity index (χ2v) is 7.31. The predicted octanol–water partition coefficient (Wildman–Crippen LogP) is 5.27. The number of amides is 1. The molecule has 0 atom stereocenters. The van der Waals surface area contributed by atoms with Gasteiger partial charge in [0.1, 0.15) is 11.6 Å². The maximum atomic E-state index is 14.4. The van der Waals surface area contributed by atoms with E-state index in [4.69, 9.17) is 9.47 Å². The molecule has 3 aromatic rings. The molecule has 0 fully saturated rings. The normalized spacial score (nSPS) is 10.8. The van der Waals surface area contributed by atoms with Crippen molar-refractivity contribution in [1.29, 1.82) is 0 Å². The van der Waals surface area contributed by atoms with E-state index in [1.165, 1.54) is 13.0 Å². The number of aromatic nitrogens is 2. The Kier molecular flexibility index (Phi) is 7.45. The molecule has 0 saturated carbocycles. The van der Waals surface area contributed by atoms with Gasteiger partial charge < -0.3 is 14.4 Å². The highest BCUT2D eigenvalue weighted by Crippen LogP contribution is 2.34. The molecule has 0 bridgehead atoms. The summed E-state index contributed by atoms with van der Waals surface area (Å²) < 4.78 is 40.6. The zero-order valence-corrected chi connectivity index (χ0v) is 18.7. The Labute approximate surface area is 186 Å². The van der Waals surface area contributed by atoms with Gasteiger partial charge in [0, 0.05) is 19.5 Å². The lowest BCUT2D eigenvalue weighted by molar-refractivity contribution is -0.129. The number of benzene rings is 2. The highest BCUT2D eigenvalue weighted by atomic mass is 19.1. The molecule has 32 heavy (non-hydrogen) atoms. The standard InChI is InChI=1S/C24H27F2N3O3/c1-5-13-28(16(3)30)15-20-22(6-2)27-29(18-8-10-19(31-4)11-9-18)24(20)32-23-12-7-17(25)14-21(23)26/h7-12,14H,5-6,13,15H2,1-4H3. The molecule has 1 heterocycles. The number of carbonyl (C=O) groups excluding carboxylic acids is 1. The highest BCUT2D eigenvalue weighted by molar-refractivity contribution is 5.73. The zero-order chi connectivity index (χ0) is 23.3. The van der Waals surface area contributed by atoms with Gasteiger partial charge in [-0.15, -0.1) is 0 Å². The Balaban J connectivity index is 2.14. The van der Waals surface area contributed by atoms with Crippen molar-refractivity contribution in [2.45, 2.75) is 40.2 Å². The first-order valence-electron chi connectivity index (χ1n) is 10.5. The molecule has 8 heteroatoms. The molecule has 1 amide bonds. The first kappa shape index (κ1) is 23.2. The maximum Gasteiger partial charge on any atom is 0.228 e. The second kappa shape index (κ2) is 10.3. The summed E-state index contributed by atoms with van der Waals surface area (Å²) in [5.41, 5.74) is 2.07. The molecule has 1 aromatic heterocycles. The van der Waals surface area contributed by atoms with E-state index in [9.17, 15) is 13.6 Å². The van der Waals surface area contributed by atoms with Crippen LogP contribution in [0.3, 0.4) is 0 Å². The van der Waals surface area contributed by atoms with Crippen LogP contribution in [0.4, 0.5) is 8.78 Å².